The maximum atomic E-state index is 12.8. The minimum Gasteiger partial charge on any atom is -0.462 e. The van der Waals surface area contributed by atoms with Gasteiger partial charge in [0.15, 0.2) is 6.10 Å². The van der Waals surface area contributed by atoms with Gasteiger partial charge in [0.25, 0.3) is 0 Å². The van der Waals surface area contributed by atoms with Crippen LogP contribution in [0.4, 0.5) is 0 Å². The van der Waals surface area contributed by atoms with Crippen LogP contribution in [0.5, 0.6) is 0 Å². The third-order valence-electron chi connectivity index (χ3n) is 11.2. The van der Waals surface area contributed by atoms with Crippen molar-refractivity contribution in [2.45, 2.75) is 245 Å². The Morgan fingerprint density at radius 2 is 0.582 bits per heavy atom. The number of rotatable bonds is 48. The standard InChI is InChI=1S/C61H100O6/c1-4-7-10-13-16-19-22-25-28-30-33-36-39-42-45-48-51-54-60(63)66-57-58(56-65-59(62)53-50-47-44-41-38-35-32-27-24-21-18-15-12-9-6-3)67-61(64)55-52-49-46-43-40-37-34-31-29-26-23-20-17-14-11-8-5-2/h9,12,16-21,25-29,32-34,36-37,58H,4-8,10-11,13-15,22-24,30-31,35,38-57H2,1-3H3/b12-9-,19-16-,20-17-,21-18-,28-25-,29-26-,32-27-,36-33-,37-34-/t58-/m1/s1. The van der Waals surface area contributed by atoms with Gasteiger partial charge >= 0.3 is 17.9 Å². The predicted octanol–water partition coefficient (Wildman–Crippen LogP) is 18.3. The van der Waals surface area contributed by atoms with Gasteiger partial charge in [0.05, 0.1) is 0 Å². The van der Waals surface area contributed by atoms with E-state index in [1.165, 1.54) is 51.4 Å². The summed E-state index contributed by atoms with van der Waals surface area (Å²) in [5.74, 6) is -0.967. The molecule has 0 aliphatic rings. The van der Waals surface area contributed by atoms with E-state index in [0.717, 1.165) is 148 Å². The average molecular weight is 929 g/mol. The largest absolute Gasteiger partial charge is 0.462 e. The topological polar surface area (TPSA) is 78.9 Å². The van der Waals surface area contributed by atoms with Crippen LogP contribution in [0.2, 0.25) is 0 Å². The minimum absolute atomic E-state index is 0.106. The summed E-state index contributed by atoms with van der Waals surface area (Å²) in [6.45, 7) is 6.41. The predicted molar refractivity (Wildman–Crippen MR) is 288 cm³/mol. The van der Waals surface area contributed by atoms with Crippen LogP contribution in [-0.2, 0) is 28.6 Å². The number of hydrogen-bond donors (Lipinski definition) is 0. The number of esters is 3. The van der Waals surface area contributed by atoms with E-state index in [1.54, 1.807) is 0 Å². The molecule has 0 aliphatic carbocycles. The number of carbonyl (C=O) groups is 3. The maximum absolute atomic E-state index is 12.8. The third kappa shape index (κ3) is 52.9. The van der Waals surface area contributed by atoms with Gasteiger partial charge in [-0.15, -0.1) is 0 Å². The average Bonchev–Trinajstić information content (AvgIpc) is 3.33. The quantitative estimate of drug-likeness (QED) is 0.0262. The van der Waals surface area contributed by atoms with Crippen LogP contribution >= 0.6 is 0 Å². The lowest BCUT2D eigenvalue weighted by Gasteiger charge is -2.18. The van der Waals surface area contributed by atoms with Crippen LogP contribution in [0.1, 0.15) is 239 Å². The fraction of sp³-hybridized carbons (Fsp3) is 0.656. The van der Waals surface area contributed by atoms with Crippen molar-refractivity contribution >= 4 is 17.9 Å². The van der Waals surface area contributed by atoms with Gasteiger partial charge in [-0.3, -0.25) is 14.4 Å². The summed E-state index contributed by atoms with van der Waals surface area (Å²) in [7, 11) is 0. The highest BCUT2D eigenvalue weighted by Crippen LogP contribution is 2.13. The first-order valence-electron chi connectivity index (χ1n) is 27.4. The molecule has 0 saturated carbocycles. The molecule has 6 heteroatoms. The zero-order valence-corrected chi connectivity index (χ0v) is 43.4. The molecule has 0 aromatic rings. The fourth-order valence-corrected chi connectivity index (χ4v) is 7.12. The van der Waals surface area contributed by atoms with Crippen LogP contribution in [-0.4, -0.2) is 37.2 Å². The minimum atomic E-state index is -0.809. The molecule has 6 nitrogen and oxygen atoms in total. The van der Waals surface area contributed by atoms with Gasteiger partial charge in [0, 0.05) is 19.3 Å². The molecule has 0 aromatic carbocycles. The van der Waals surface area contributed by atoms with E-state index in [0.29, 0.717) is 19.3 Å². The monoisotopic (exact) mass is 929 g/mol. The van der Waals surface area contributed by atoms with Gasteiger partial charge in [-0.25, -0.2) is 0 Å². The van der Waals surface area contributed by atoms with Crippen molar-refractivity contribution in [1.82, 2.24) is 0 Å². The summed E-state index contributed by atoms with van der Waals surface area (Å²) in [5.41, 5.74) is 0. The summed E-state index contributed by atoms with van der Waals surface area (Å²) in [6.07, 6.45) is 73.5. The van der Waals surface area contributed by atoms with Crippen LogP contribution < -0.4 is 0 Å². The summed E-state index contributed by atoms with van der Waals surface area (Å²) in [4.78, 5) is 38.1. The summed E-state index contributed by atoms with van der Waals surface area (Å²) >= 11 is 0. The van der Waals surface area contributed by atoms with Gasteiger partial charge in [-0.05, 0) is 128 Å². The molecule has 0 amide bonds. The van der Waals surface area contributed by atoms with E-state index >= 15 is 0 Å². The Balaban J connectivity index is 4.52. The van der Waals surface area contributed by atoms with E-state index in [2.05, 4.69) is 130 Å². The first kappa shape index (κ1) is 63.1. The second-order valence-electron chi connectivity index (χ2n) is 17.7. The Hall–Kier alpha value is -3.93. The van der Waals surface area contributed by atoms with Crippen molar-refractivity contribution < 1.29 is 28.6 Å². The van der Waals surface area contributed by atoms with Crippen molar-refractivity contribution in [3.05, 3.63) is 109 Å². The zero-order valence-electron chi connectivity index (χ0n) is 43.4. The molecule has 0 rings (SSSR count). The van der Waals surface area contributed by atoms with Crippen molar-refractivity contribution in [2.75, 3.05) is 13.2 Å². The highest BCUT2D eigenvalue weighted by atomic mass is 16.6. The van der Waals surface area contributed by atoms with Crippen molar-refractivity contribution in [3.8, 4) is 0 Å². The van der Waals surface area contributed by atoms with Crippen molar-refractivity contribution in [1.29, 1.82) is 0 Å². The van der Waals surface area contributed by atoms with E-state index in [-0.39, 0.29) is 31.1 Å². The number of unbranched alkanes of at least 4 members (excludes halogenated alkanes) is 19. The summed E-state index contributed by atoms with van der Waals surface area (Å²) in [6, 6.07) is 0. The lowest BCUT2D eigenvalue weighted by atomic mass is 10.1. The normalized spacial score (nSPS) is 12.9. The molecule has 0 N–H and O–H groups in total. The Morgan fingerprint density at radius 3 is 0.910 bits per heavy atom. The smallest absolute Gasteiger partial charge is 0.306 e. The number of carbonyl (C=O) groups excluding carboxylic acids is 3. The molecule has 67 heavy (non-hydrogen) atoms. The Bertz CT molecular complexity index is 1390. The molecule has 380 valence electrons. The van der Waals surface area contributed by atoms with E-state index in [1.807, 2.05) is 0 Å². The first-order chi connectivity index (χ1) is 33.0. The van der Waals surface area contributed by atoms with Gasteiger partial charge in [-0.1, -0.05) is 201 Å². The first-order valence-corrected chi connectivity index (χ1v) is 27.4. The molecule has 0 heterocycles. The van der Waals surface area contributed by atoms with Gasteiger partial charge < -0.3 is 14.2 Å². The molecular weight excluding hydrogens is 829 g/mol. The van der Waals surface area contributed by atoms with E-state index in [4.69, 9.17) is 14.2 Å². The third-order valence-corrected chi connectivity index (χ3v) is 11.2. The van der Waals surface area contributed by atoms with Gasteiger partial charge in [-0.2, -0.15) is 0 Å². The highest BCUT2D eigenvalue weighted by Gasteiger charge is 2.19. The lowest BCUT2D eigenvalue weighted by Crippen LogP contribution is -2.30. The summed E-state index contributed by atoms with van der Waals surface area (Å²) in [5, 5.41) is 0. The van der Waals surface area contributed by atoms with E-state index < -0.39 is 6.10 Å². The zero-order chi connectivity index (χ0) is 48.6. The fourth-order valence-electron chi connectivity index (χ4n) is 7.12. The second kappa shape index (κ2) is 54.7. The molecule has 0 radical (unpaired) electrons. The lowest BCUT2D eigenvalue weighted by molar-refractivity contribution is -0.167. The summed E-state index contributed by atoms with van der Waals surface area (Å²) < 4.78 is 16.8. The molecule has 0 aromatic heterocycles. The molecule has 0 bridgehead atoms. The Labute approximate surface area is 412 Å². The molecule has 0 saturated heterocycles. The molecule has 0 fully saturated rings. The van der Waals surface area contributed by atoms with Crippen LogP contribution in [0, 0.1) is 0 Å². The molecule has 0 unspecified atom stereocenters. The maximum Gasteiger partial charge on any atom is 0.306 e. The highest BCUT2D eigenvalue weighted by molar-refractivity contribution is 5.71. The van der Waals surface area contributed by atoms with Gasteiger partial charge in [0.1, 0.15) is 13.2 Å². The van der Waals surface area contributed by atoms with Crippen molar-refractivity contribution in [3.63, 3.8) is 0 Å². The SMILES string of the molecule is CC/C=C\C/C=C\C/C=C\CCCCCCCC(=O)OC[C@H](COC(=O)CCCCCC/C=C\C/C=C\C/C=C\CCCCC)OC(=O)CCCCCC/C=C\C/C=C\C/C=C\CCCCC. The number of allylic oxidation sites excluding steroid dienone is 18. The van der Waals surface area contributed by atoms with Crippen molar-refractivity contribution in [2.24, 2.45) is 0 Å². The number of ether oxygens (including phenoxy) is 3. The van der Waals surface area contributed by atoms with Crippen LogP contribution in [0.3, 0.4) is 0 Å². The van der Waals surface area contributed by atoms with Gasteiger partial charge in [0.2, 0.25) is 0 Å². The molecule has 1 atom stereocenters. The second-order valence-corrected chi connectivity index (χ2v) is 17.7. The van der Waals surface area contributed by atoms with E-state index in [9.17, 15) is 14.4 Å². The van der Waals surface area contributed by atoms with Crippen LogP contribution in [0.25, 0.3) is 0 Å². The van der Waals surface area contributed by atoms with Crippen LogP contribution in [0.15, 0.2) is 109 Å². The molecule has 0 spiro atoms. The molecule has 0 aliphatic heterocycles. The Kier molecular flexibility index (Phi) is 51.5. The molecular formula is C61H100O6. The Morgan fingerprint density at radius 1 is 0.313 bits per heavy atom. The number of hydrogen-bond acceptors (Lipinski definition) is 6.